The van der Waals surface area contributed by atoms with E-state index >= 15 is 0 Å². The van der Waals surface area contributed by atoms with E-state index in [0.29, 0.717) is 59.4 Å². The number of pyridine rings is 1. The number of amides is 1. The molecule has 0 spiro atoms. The second-order valence-electron chi connectivity index (χ2n) is 9.37. The summed E-state index contributed by atoms with van der Waals surface area (Å²) in [6.07, 6.45) is 4.04. The first-order valence-corrected chi connectivity index (χ1v) is 12.3. The lowest BCUT2D eigenvalue weighted by atomic mass is 10.2. The molecule has 6 rings (SSSR count). The zero-order valence-electron chi connectivity index (χ0n) is 21.6. The Morgan fingerprint density at radius 2 is 2.08 bits per heavy atom. The summed E-state index contributed by atoms with van der Waals surface area (Å²) >= 11 is 0. The van der Waals surface area contributed by atoms with Crippen LogP contribution in [0.15, 0.2) is 41.6 Å². The average Bonchev–Trinajstić information content (AvgIpc) is 3.47. The molecule has 0 aliphatic carbocycles. The molecular formula is C25H27N9O5. The third-order valence-electron chi connectivity index (χ3n) is 6.45. The Morgan fingerprint density at radius 3 is 2.87 bits per heavy atom. The quantitative estimate of drug-likeness (QED) is 0.320. The van der Waals surface area contributed by atoms with Crippen LogP contribution >= 0.6 is 0 Å². The second-order valence-corrected chi connectivity index (χ2v) is 9.37. The van der Waals surface area contributed by atoms with Crippen LogP contribution in [0.2, 0.25) is 0 Å². The highest BCUT2D eigenvalue weighted by Gasteiger charge is 2.38. The maximum Gasteiger partial charge on any atom is 0.416 e. The summed E-state index contributed by atoms with van der Waals surface area (Å²) in [5, 5.41) is 11.8. The standard InChI is InChI=1S/C25H27N9O5/c1-32(2)12-14-13-39-25(36)33(14)23-15-11-29-21(30-22-24(35)28-5-4-27-22)10-17(15)34(31-23)18-9-19-16(8-20(18)37-3)26-6-7-38-19/h4-5,8-11,14,26H,6-7,12-13H2,1-3H3,(H,28,35)(H,27,29,30). The molecule has 4 aromatic rings. The van der Waals surface area contributed by atoms with Crippen molar-refractivity contribution in [1.29, 1.82) is 0 Å². The molecule has 1 unspecified atom stereocenters. The molecule has 5 heterocycles. The van der Waals surface area contributed by atoms with Gasteiger partial charge in [-0.05, 0) is 14.1 Å². The Labute approximate surface area is 222 Å². The third kappa shape index (κ3) is 4.44. The number of likely N-dealkylation sites (N-methyl/N-ethyl adjacent to an activating group) is 1. The smallest absolute Gasteiger partial charge is 0.416 e. The molecule has 1 fully saturated rings. The molecule has 3 aromatic heterocycles. The van der Waals surface area contributed by atoms with Crippen LogP contribution < -0.4 is 30.6 Å². The number of hydrogen-bond donors (Lipinski definition) is 3. The number of hydrogen-bond acceptors (Lipinski definition) is 11. The van der Waals surface area contributed by atoms with Gasteiger partial charge in [0.15, 0.2) is 11.6 Å². The van der Waals surface area contributed by atoms with Crippen molar-refractivity contribution in [2.45, 2.75) is 6.04 Å². The molecule has 1 saturated heterocycles. The highest BCUT2D eigenvalue weighted by molar-refractivity contribution is 6.01. The van der Waals surface area contributed by atoms with Gasteiger partial charge in [0.25, 0.3) is 5.56 Å². The molecule has 0 radical (unpaired) electrons. The summed E-state index contributed by atoms with van der Waals surface area (Å²) < 4.78 is 18.7. The Bertz CT molecular complexity index is 1620. The number of aromatic amines is 1. The van der Waals surface area contributed by atoms with E-state index in [2.05, 4.69) is 25.6 Å². The summed E-state index contributed by atoms with van der Waals surface area (Å²) in [5.74, 6) is 2.05. The van der Waals surface area contributed by atoms with Crippen molar-refractivity contribution in [3.63, 3.8) is 0 Å². The van der Waals surface area contributed by atoms with Crippen LogP contribution in [-0.2, 0) is 4.74 Å². The molecule has 2 aliphatic heterocycles. The number of rotatable bonds is 7. The fraction of sp³-hybridized carbons (Fsp3) is 0.320. The van der Waals surface area contributed by atoms with E-state index in [1.807, 2.05) is 31.1 Å². The van der Waals surface area contributed by atoms with E-state index < -0.39 is 6.09 Å². The van der Waals surface area contributed by atoms with Gasteiger partial charge in [-0.3, -0.25) is 9.69 Å². The maximum atomic E-state index is 12.9. The molecule has 14 nitrogen and oxygen atoms in total. The first-order valence-electron chi connectivity index (χ1n) is 12.3. The number of H-pyrrole nitrogens is 1. The molecule has 0 bridgehead atoms. The summed E-state index contributed by atoms with van der Waals surface area (Å²) in [4.78, 5) is 39.8. The predicted molar refractivity (Wildman–Crippen MR) is 144 cm³/mol. The molecular weight excluding hydrogens is 506 g/mol. The highest BCUT2D eigenvalue weighted by Crippen LogP contribution is 2.40. The van der Waals surface area contributed by atoms with E-state index in [0.717, 1.165) is 5.69 Å². The minimum Gasteiger partial charge on any atom is -0.494 e. The van der Waals surface area contributed by atoms with Gasteiger partial charge in [-0.25, -0.2) is 19.4 Å². The lowest BCUT2D eigenvalue weighted by Crippen LogP contribution is -2.41. The number of aromatic nitrogens is 5. The normalized spacial score (nSPS) is 16.6. The van der Waals surface area contributed by atoms with Crippen LogP contribution in [0, 0.1) is 0 Å². The third-order valence-corrected chi connectivity index (χ3v) is 6.45. The van der Waals surface area contributed by atoms with Crippen molar-refractivity contribution >= 4 is 40.1 Å². The van der Waals surface area contributed by atoms with Crippen molar-refractivity contribution in [3.8, 4) is 17.2 Å². The van der Waals surface area contributed by atoms with Crippen molar-refractivity contribution < 1.29 is 19.0 Å². The molecule has 2 aliphatic rings. The van der Waals surface area contributed by atoms with Crippen molar-refractivity contribution in [1.82, 2.24) is 29.6 Å². The number of nitrogens with zero attached hydrogens (tertiary/aromatic N) is 6. The molecule has 14 heteroatoms. The minimum absolute atomic E-state index is 0.0932. The van der Waals surface area contributed by atoms with Crippen LogP contribution in [0.4, 0.5) is 27.9 Å². The zero-order chi connectivity index (χ0) is 27.1. The largest absolute Gasteiger partial charge is 0.494 e. The van der Waals surface area contributed by atoms with Gasteiger partial charge in [0.2, 0.25) is 0 Å². The number of benzene rings is 1. The van der Waals surface area contributed by atoms with E-state index in [4.69, 9.17) is 19.3 Å². The van der Waals surface area contributed by atoms with Gasteiger partial charge in [0.1, 0.15) is 36.2 Å². The van der Waals surface area contributed by atoms with E-state index in [-0.39, 0.29) is 24.0 Å². The van der Waals surface area contributed by atoms with E-state index in [1.54, 1.807) is 29.0 Å². The number of cyclic esters (lactones) is 1. The SMILES string of the molecule is COc1cc2c(cc1-n1nc(N3C(=O)OCC3CN(C)C)c3cnc(Nc4ncc[nH]c4=O)cc31)OCCN2. The van der Waals surface area contributed by atoms with Gasteiger partial charge in [-0.1, -0.05) is 0 Å². The first-order chi connectivity index (χ1) is 18.9. The number of ether oxygens (including phenoxy) is 3. The van der Waals surface area contributed by atoms with Gasteiger partial charge in [-0.2, -0.15) is 0 Å². The lowest BCUT2D eigenvalue weighted by Gasteiger charge is -2.22. The minimum atomic E-state index is -0.486. The van der Waals surface area contributed by atoms with Crippen molar-refractivity contribution in [2.24, 2.45) is 0 Å². The first kappa shape index (κ1) is 24.5. The molecule has 1 aromatic carbocycles. The molecule has 39 heavy (non-hydrogen) atoms. The van der Waals surface area contributed by atoms with Crippen LogP contribution in [0.25, 0.3) is 16.6 Å². The van der Waals surface area contributed by atoms with Gasteiger partial charge in [-0.15, -0.1) is 5.10 Å². The molecule has 202 valence electrons. The number of carbonyl (C=O) groups is 1. The molecule has 3 N–H and O–H groups in total. The van der Waals surface area contributed by atoms with E-state index in [1.165, 1.54) is 12.4 Å². The van der Waals surface area contributed by atoms with Gasteiger partial charge in [0.05, 0.1) is 29.7 Å². The highest BCUT2D eigenvalue weighted by atomic mass is 16.6. The monoisotopic (exact) mass is 533 g/mol. The second kappa shape index (κ2) is 9.79. The fourth-order valence-corrected chi connectivity index (χ4v) is 4.75. The molecule has 1 atom stereocenters. The molecule has 1 amide bonds. The van der Waals surface area contributed by atoms with Crippen LogP contribution in [0.1, 0.15) is 0 Å². The number of anilines is 4. The Balaban J connectivity index is 1.54. The number of carbonyl (C=O) groups excluding carboxylic acids is 1. The number of methoxy groups -OCH3 is 1. The van der Waals surface area contributed by atoms with Crippen LogP contribution in [-0.4, -0.2) is 89.3 Å². The number of nitrogens with one attached hydrogen (secondary N) is 3. The average molecular weight is 534 g/mol. The number of fused-ring (bicyclic) bond motifs is 2. The van der Waals surface area contributed by atoms with Crippen molar-refractivity contribution in [2.75, 3.05) is 63.0 Å². The predicted octanol–water partition coefficient (Wildman–Crippen LogP) is 1.95. The Kier molecular flexibility index (Phi) is 6.15. The maximum absolute atomic E-state index is 12.9. The van der Waals surface area contributed by atoms with Crippen LogP contribution in [0.3, 0.4) is 0 Å². The zero-order valence-corrected chi connectivity index (χ0v) is 21.6. The lowest BCUT2D eigenvalue weighted by molar-refractivity contribution is 0.177. The summed E-state index contributed by atoms with van der Waals surface area (Å²) in [5.41, 5.74) is 1.63. The molecule has 0 saturated carbocycles. The van der Waals surface area contributed by atoms with Crippen molar-refractivity contribution in [3.05, 3.63) is 47.1 Å². The summed E-state index contributed by atoms with van der Waals surface area (Å²) in [6, 6.07) is 5.18. The Morgan fingerprint density at radius 1 is 1.21 bits per heavy atom. The van der Waals surface area contributed by atoms with E-state index in [9.17, 15) is 9.59 Å². The Hall–Kier alpha value is -4.85. The fourth-order valence-electron chi connectivity index (χ4n) is 4.75. The topological polar surface area (TPSA) is 152 Å². The van der Waals surface area contributed by atoms with Gasteiger partial charge >= 0.3 is 6.09 Å². The summed E-state index contributed by atoms with van der Waals surface area (Å²) in [7, 11) is 5.44. The van der Waals surface area contributed by atoms with Crippen LogP contribution in [0.5, 0.6) is 11.5 Å². The summed E-state index contributed by atoms with van der Waals surface area (Å²) in [6.45, 7) is 2.02. The van der Waals surface area contributed by atoms with Gasteiger partial charge in [0, 0.05) is 49.9 Å². The van der Waals surface area contributed by atoms with Gasteiger partial charge < -0.3 is 34.7 Å².